The summed E-state index contributed by atoms with van der Waals surface area (Å²) in [6, 6.07) is 18.2. The molecule has 288 valence electrons. The highest BCUT2D eigenvalue weighted by Crippen LogP contribution is 2.57. The van der Waals surface area contributed by atoms with Gasteiger partial charge in [-0.25, -0.2) is 17.6 Å². The predicted molar refractivity (Wildman–Crippen MR) is 203 cm³/mol. The summed E-state index contributed by atoms with van der Waals surface area (Å²) in [5, 5.41) is 17.7. The summed E-state index contributed by atoms with van der Waals surface area (Å²) in [6.07, 6.45) is 1.05. The van der Waals surface area contributed by atoms with Gasteiger partial charge in [0.25, 0.3) is 0 Å². The van der Waals surface area contributed by atoms with Crippen LogP contribution in [-0.4, -0.2) is 78.2 Å². The number of anilines is 1. The van der Waals surface area contributed by atoms with E-state index in [-0.39, 0.29) is 48.0 Å². The van der Waals surface area contributed by atoms with Crippen LogP contribution >= 0.6 is 11.6 Å². The molecule has 3 aromatic carbocycles. The Balaban J connectivity index is 1.38. The number of benzene rings is 3. The van der Waals surface area contributed by atoms with Crippen molar-refractivity contribution in [2.24, 2.45) is 16.4 Å². The molecule has 1 saturated carbocycles. The van der Waals surface area contributed by atoms with E-state index in [1.54, 1.807) is 40.7 Å². The zero-order valence-electron chi connectivity index (χ0n) is 30.6. The maximum atomic E-state index is 16.0. The molecule has 15 heteroatoms. The van der Waals surface area contributed by atoms with Crippen LogP contribution in [0.4, 0.5) is 14.9 Å². The second-order valence-electron chi connectivity index (χ2n) is 15.7. The van der Waals surface area contributed by atoms with Gasteiger partial charge in [0.2, 0.25) is 15.9 Å². The molecule has 1 unspecified atom stereocenters. The third kappa shape index (κ3) is 7.67. The molecule has 0 radical (unpaired) electrons. The third-order valence-electron chi connectivity index (χ3n) is 11.5. The number of hydrogen-bond donors (Lipinski definition) is 2. The molecule has 2 N–H and O–H groups in total. The zero-order chi connectivity index (χ0) is 38.9. The highest BCUT2D eigenvalue weighted by atomic mass is 35.5. The van der Waals surface area contributed by atoms with Gasteiger partial charge < -0.3 is 20.1 Å². The number of nitrogens with zero attached hydrogens (tertiary/aromatic N) is 5. The number of rotatable bonds is 11. The summed E-state index contributed by atoms with van der Waals surface area (Å²) in [7, 11) is -4.17. The number of carbonyl (C=O) groups excluding carboxylic acids is 1. The number of nitrogens with one attached hydrogen (secondary N) is 1. The van der Waals surface area contributed by atoms with E-state index in [0.29, 0.717) is 43.9 Å². The molecule has 2 aliphatic heterocycles. The molecule has 1 aliphatic carbocycles. The van der Waals surface area contributed by atoms with E-state index in [1.165, 1.54) is 29.2 Å². The summed E-state index contributed by atoms with van der Waals surface area (Å²) < 4.78 is 52.6. The second-order valence-corrected chi connectivity index (χ2v) is 17.9. The minimum Gasteiger partial charge on any atom is -0.465 e. The van der Waals surface area contributed by atoms with Crippen molar-refractivity contribution in [1.82, 2.24) is 9.21 Å². The van der Waals surface area contributed by atoms with Crippen LogP contribution in [0.2, 0.25) is 5.02 Å². The molecule has 0 aromatic heterocycles. The monoisotopic (exact) mass is 780 g/mol. The molecular formula is C39H46ClFN6O6S. The van der Waals surface area contributed by atoms with Gasteiger partial charge in [0.15, 0.2) is 0 Å². The Morgan fingerprint density at radius 2 is 1.72 bits per heavy atom. The number of piperazine rings is 1. The van der Waals surface area contributed by atoms with E-state index in [0.717, 1.165) is 5.56 Å². The standard InChI is InChI=1S/C39H46ClFN6O6S/c1-37(2,3)39(25-46(36(49)50)24-38(20-21-38)47(39)54(51,52)29-8-5-4-6-9-29)19-16-30-31(41)10-7-11-32(30)43-35(48)34(44-45-42)33(27-17-22-53-23-18-27)26-12-14-28(40)15-13-26/h4-15,27,33-34H,16-25H2,1-3H3,(H,43,48)(H,49,50)/t33-,34-,39?/m0/s1. The lowest BCUT2D eigenvalue weighted by Gasteiger charge is -2.59. The van der Waals surface area contributed by atoms with Crippen molar-refractivity contribution >= 4 is 39.3 Å². The van der Waals surface area contributed by atoms with Crippen molar-refractivity contribution in [3.8, 4) is 0 Å². The van der Waals surface area contributed by atoms with Gasteiger partial charge in [-0.15, -0.1) is 0 Å². The fraction of sp³-hybridized carbons (Fsp3) is 0.487. The fourth-order valence-corrected chi connectivity index (χ4v) is 11.0. The van der Waals surface area contributed by atoms with E-state index in [2.05, 4.69) is 15.3 Å². The molecule has 54 heavy (non-hydrogen) atoms. The van der Waals surface area contributed by atoms with Crippen LogP contribution in [-0.2, 0) is 26.0 Å². The highest BCUT2D eigenvalue weighted by Gasteiger charge is 2.67. The first-order valence-corrected chi connectivity index (χ1v) is 20.0. The molecular weight excluding hydrogens is 735 g/mol. The molecule has 2 heterocycles. The van der Waals surface area contributed by atoms with E-state index in [9.17, 15) is 28.6 Å². The number of halogens is 2. The van der Waals surface area contributed by atoms with Gasteiger partial charge in [-0.2, -0.15) is 4.31 Å². The van der Waals surface area contributed by atoms with Crippen LogP contribution in [0.15, 0.2) is 82.8 Å². The number of carboxylic acid groups (broad SMARTS) is 1. The summed E-state index contributed by atoms with van der Waals surface area (Å²) in [5.74, 6) is -1.84. The Bertz CT molecular complexity index is 2010. The number of carbonyl (C=O) groups is 2. The minimum absolute atomic E-state index is 0.0237. The van der Waals surface area contributed by atoms with Crippen molar-refractivity contribution in [1.29, 1.82) is 0 Å². The van der Waals surface area contributed by atoms with Gasteiger partial charge in [-0.1, -0.05) is 73.9 Å². The van der Waals surface area contributed by atoms with Gasteiger partial charge in [0, 0.05) is 53.4 Å². The Morgan fingerprint density at radius 1 is 1.06 bits per heavy atom. The topological polar surface area (TPSA) is 165 Å². The molecule has 0 bridgehead atoms. The van der Waals surface area contributed by atoms with E-state index >= 15 is 4.39 Å². The van der Waals surface area contributed by atoms with Gasteiger partial charge in [0.05, 0.1) is 16.0 Å². The number of azide groups is 1. The lowest BCUT2D eigenvalue weighted by Crippen LogP contribution is -2.74. The van der Waals surface area contributed by atoms with Crippen molar-refractivity contribution in [2.75, 3.05) is 31.6 Å². The van der Waals surface area contributed by atoms with Crippen LogP contribution in [0.1, 0.15) is 69.9 Å². The molecule has 1 spiro atoms. The summed E-state index contributed by atoms with van der Waals surface area (Å²) >= 11 is 6.19. The molecule has 3 aliphatic rings. The van der Waals surface area contributed by atoms with Crippen molar-refractivity contribution in [3.63, 3.8) is 0 Å². The summed E-state index contributed by atoms with van der Waals surface area (Å²) in [6.45, 7) is 6.50. The number of hydrogen-bond acceptors (Lipinski definition) is 6. The fourth-order valence-electron chi connectivity index (χ4n) is 8.51. The van der Waals surface area contributed by atoms with Crippen LogP contribution in [0.3, 0.4) is 0 Å². The van der Waals surface area contributed by atoms with Crippen LogP contribution in [0, 0.1) is 17.2 Å². The Morgan fingerprint density at radius 3 is 2.31 bits per heavy atom. The zero-order valence-corrected chi connectivity index (χ0v) is 32.2. The van der Waals surface area contributed by atoms with Crippen molar-refractivity contribution in [3.05, 3.63) is 105 Å². The van der Waals surface area contributed by atoms with E-state index < -0.39 is 56.3 Å². The van der Waals surface area contributed by atoms with Crippen LogP contribution in [0.5, 0.6) is 0 Å². The lowest BCUT2D eigenvalue weighted by atomic mass is 9.68. The maximum absolute atomic E-state index is 16.0. The van der Waals surface area contributed by atoms with Gasteiger partial charge in [-0.05, 0) is 97.4 Å². The molecule has 3 atom stereocenters. The Labute approximate surface area is 320 Å². The number of sulfonamides is 1. The Kier molecular flexibility index (Phi) is 11.3. The second kappa shape index (κ2) is 15.5. The van der Waals surface area contributed by atoms with Crippen molar-refractivity contribution < 1.29 is 32.2 Å². The normalized spacial score (nSPS) is 21.5. The number of ether oxygens (including phenoxy) is 1. The Hall–Kier alpha value is -4.20. The van der Waals surface area contributed by atoms with Crippen LogP contribution < -0.4 is 5.32 Å². The summed E-state index contributed by atoms with van der Waals surface area (Å²) in [5.41, 5.74) is 7.58. The molecule has 3 aromatic rings. The minimum atomic E-state index is -4.17. The average Bonchev–Trinajstić information content (AvgIpc) is 3.90. The van der Waals surface area contributed by atoms with E-state index in [1.807, 2.05) is 32.9 Å². The van der Waals surface area contributed by atoms with E-state index in [4.69, 9.17) is 16.3 Å². The smallest absolute Gasteiger partial charge is 0.407 e. The lowest BCUT2D eigenvalue weighted by molar-refractivity contribution is -0.118. The quantitative estimate of drug-likeness (QED) is 0.113. The molecule has 6 rings (SSSR count). The predicted octanol–water partition coefficient (Wildman–Crippen LogP) is 8.24. The first-order valence-electron chi connectivity index (χ1n) is 18.2. The summed E-state index contributed by atoms with van der Waals surface area (Å²) in [4.78, 5) is 31.3. The molecule has 3 fully saturated rings. The molecule has 2 saturated heterocycles. The highest BCUT2D eigenvalue weighted by molar-refractivity contribution is 7.89. The van der Waals surface area contributed by atoms with Crippen molar-refractivity contribution in [2.45, 2.75) is 87.2 Å². The third-order valence-corrected chi connectivity index (χ3v) is 13.8. The molecule has 2 amide bonds. The van der Waals surface area contributed by atoms with Gasteiger partial charge >= 0.3 is 6.09 Å². The van der Waals surface area contributed by atoms with Gasteiger partial charge in [0.1, 0.15) is 11.9 Å². The molecule has 12 nitrogen and oxygen atoms in total. The average molecular weight is 781 g/mol. The maximum Gasteiger partial charge on any atom is 0.407 e. The largest absolute Gasteiger partial charge is 0.465 e. The van der Waals surface area contributed by atoms with Gasteiger partial charge in [-0.3, -0.25) is 4.79 Å². The first kappa shape index (κ1) is 39.5. The number of amides is 2. The SMILES string of the molecule is CC(C)(C)C1(CCc2c(F)cccc2NC(=O)[C@@H](N=[N+]=[N-])[C@@H](c2ccc(Cl)cc2)C2CCOCC2)CN(C(=O)O)CC2(CC2)N1S(=O)(=O)c1ccccc1. The van der Waals surface area contributed by atoms with Crippen LogP contribution in [0.25, 0.3) is 10.4 Å². The first-order chi connectivity index (χ1) is 25.6.